The minimum absolute atomic E-state index is 0.760. The van der Waals surface area contributed by atoms with Crippen molar-refractivity contribution >= 4 is 0 Å². The van der Waals surface area contributed by atoms with Crippen LogP contribution in [0.4, 0.5) is 0 Å². The molecular formula is C16H27NO. The molecule has 102 valence electrons. The molecule has 0 aliphatic carbocycles. The van der Waals surface area contributed by atoms with Crippen molar-refractivity contribution in [2.75, 3.05) is 13.2 Å². The van der Waals surface area contributed by atoms with E-state index in [0.717, 1.165) is 38.2 Å². The van der Waals surface area contributed by atoms with Gasteiger partial charge < -0.3 is 10.5 Å². The normalized spacial score (nSPS) is 10.6. The maximum atomic E-state index is 5.72. The third kappa shape index (κ3) is 6.65. The molecule has 0 heterocycles. The van der Waals surface area contributed by atoms with Crippen LogP contribution < -0.4 is 10.5 Å². The van der Waals surface area contributed by atoms with E-state index in [2.05, 4.69) is 31.2 Å². The van der Waals surface area contributed by atoms with Gasteiger partial charge in [0.15, 0.2) is 0 Å². The molecule has 0 spiro atoms. The van der Waals surface area contributed by atoms with Gasteiger partial charge in [0, 0.05) is 0 Å². The zero-order chi connectivity index (χ0) is 13.1. The van der Waals surface area contributed by atoms with Gasteiger partial charge in [-0.3, -0.25) is 0 Å². The second-order valence-electron chi connectivity index (χ2n) is 4.80. The average molecular weight is 249 g/mol. The fourth-order valence-corrected chi connectivity index (χ4v) is 1.95. The third-order valence-electron chi connectivity index (χ3n) is 3.11. The zero-order valence-electron chi connectivity index (χ0n) is 11.7. The maximum absolute atomic E-state index is 5.72. The van der Waals surface area contributed by atoms with E-state index in [1.54, 1.807) is 0 Å². The first-order valence-electron chi connectivity index (χ1n) is 7.28. The number of nitrogens with two attached hydrogens (primary N) is 1. The van der Waals surface area contributed by atoms with E-state index in [1.165, 1.54) is 31.2 Å². The molecule has 0 atom stereocenters. The molecule has 2 nitrogen and oxygen atoms in total. The Balaban J connectivity index is 2.14. The van der Waals surface area contributed by atoms with Crippen LogP contribution >= 0.6 is 0 Å². The van der Waals surface area contributed by atoms with Gasteiger partial charge in [0.05, 0.1) is 6.61 Å². The van der Waals surface area contributed by atoms with Crippen molar-refractivity contribution in [1.82, 2.24) is 0 Å². The monoisotopic (exact) mass is 249 g/mol. The summed E-state index contributed by atoms with van der Waals surface area (Å²) in [6.45, 7) is 3.84. The quantitative estimate of drug-likeness (QED) is 0.638. The summed E-state index contributed by atoms with van der Waals surface area (Å²) in [5, 5.41) is 0. The minimum Gasteiger partial charge on any atom is -0.494 e. The highest BCUT2D eigenvalue weighted by Gasteiger charge is 1.96. The lowest BCUT2D eigenvalue weighted by molar-refractivity contribution is 0.304. The van der Waals surface area contributed by atoms with E-state index in [9.17, 15) is 0 Å². The summed E-state index contributed by atoms with van der Waals surface area (Å²) in [4.78, 5) is 0. The van der Waals surface area contributed by atoms with Gasteiger partial charge in [0.1, 0.15) is 5.75 Å². The van der Waals surface area contributed by atoms with Gasteiger partial charge in [-0.25, -0.2) is 0 Å². The standard InChI is InChI=1S/C16H27NO/c1-2-3-4-5-6-14-18-16-11-9-15(10-12-16)8-7-13-17/h9-12H,2-8,13-14,17H2,1H3. The fourth-order valence-electron chi connectivity index (χ4n) is 1.95. The molecule has 2 N–H and O–H groups in total. The molecule has 0 aromatic heterocycles. The van der Waals surface area contributed by atoms with E-state index in [-0.39, 0.29) is 0 Å². The molecule has 18 heavy (non-hydrogen) atoms. The number of hydrogen-bond donors (Lipinski definition) is 1. The van der Waals surface area contributed by atoms with Crippen molar-refractivity contribution in [3.05, 3.63) is 29.8 Å². The van der Waals surface area contributed by atoms with E-state index in [4.69, 9.17) is 10.5 Å². The van der Waals surface area contributed by atoms with Crippen LogP contribution in [0.3, 0.4) is 0 Å². The van der Waals surface area contributed by atoms with E-state index in [0.29, 0.717) is 0 Å². The van der Waals surface area contributed by atoms with Crippen LogP contribution in [0.25, 0.3) is 0 Å². The molecule has 0 saturated carbocycles. The van der Waals surface area contributed by atoms with Crippen LogP contribution in [0.15, 0.2) is 24.3 Å². The second kappa shape index (κ2) is 9.95. The van der Waals surface area contributed by atoms with Gasteiger partial charge in [-0.15, -0.1) is 0 Å². The van der Waals surface area contributed by atoms with Crippen molar-refractivity contribution in [1.29, 1.82) is 0 Å². The number of ether oxygens (including phenoxy) is 1. The molecule has 0 aliphatic rings. The first kappa shape index (κ1) is 15.0. The topological polar surface area (TPSA) is 35.2 Å². The van der Waals surface area contributed by atoms with E-state index >= 15 is 0 Å². The van der Waals surface area contributed by atoms with Crippen LogP contribution in [-0.4, -0.2) is 13.2 Å². The molecule has 2 heteroatoms. The molecule has 0 amide bonds. The molecule has 1 aromatic carbocycles. The third-order valence-corrected chi connectivity index (χ3v) is 3.11. The summed E-state index contributed by atoms with van der Waals surface area (Å²) in [7, 11) is 0. The van der Waals surface area contributed by atoms with Crippen LogP contribution in [0, 0.1) is 0 Å². The van der Waals surface area contributed by atoms with Gasteiger partial charge in [0.25, 0.3) is 0 Å². The molecule has 0 radical (unpaired) electrons. The Bertz CT molecular complexity index is 294. The SMILES string of the molecule is CCCCCCCOc1ccc(CCCN)cc1. The predicted octanol–water partition coefficient (Wildman–Crippen LogP) is 3.93. The Morgan fingerprint density at radius 3 is 2.33 bits per heavy atom. The van der Waals surface area contributed by atoms with Gasteiger partial charge in [-0.1, -0.05) is 44.7 Å². The largest absolute Gasteiger partial charge is 0.494 e. The molecule has 1 rings (SSSR count). The Kier molecular flexibility index (Phi) is 8.32. The maximum Gasteiger partial charge on any atom is 0.119 e. The number of hydrogen-bond acceptors (Lipinski definition) is 2. The molecule has 0 unspecified atom stereocenters. The van der Waals surface area contributed by atoms with Crippen molar-refractivity contribution in [3.63, 3.8) is 0 Å². The number of benzene rings is 1. The summed E-state index contributed by atoms with van der Waals surface area (Å²) in [5.41, 5.74) is 6.84. The van der Waals surface area contributed by atoms with Crippen LogP contribution in [-0.2, 0) is 6.42 Å². The summed E-state index contributed by atoms with van der Waals surface area (Å²) in [5.74, 6) is 0.988. The van der Waals surface area contributed by atoms with Crippen LogP contribution in [0.5, 0.6) is 5.75 Å². The highest BCUT2D eigenvalue weighted by atomic mass is 16.5. The molecule has 0 saturated heterocycles. The summed E-state index contributed by atoms with van der Waals surface area (Å²) < 4.78 is 5.72. The number of aryl methyl sites for hydroxylation is 1. The smallest absolute Gasteiger partial charge is 0.119 e. The number of rotatable bonds is 10. The molecular weight excluding hydrogens is 222 g/mol. The lowest BCUT2D eigenvalue weighted by Gasteiger charge is -2.07. The average Bonchev–Trinajstić information content (AvgIpc) is 2.42. The van der Waals surface area contributed by atoms with Crippen molar-refractivity contribution in [2.24, 2.45) is 5.73 Å². The lowest BCUT2D eigenvalue weighted by atomic mass is 10.1. The number of unbranched alkanes of at least 4 members (excludes halogenated alkanes) is 4. The predicted molar refractivity (Wildman–Crippen MR) is 78.1 cm³/mol. The van der Waals surface area contributed by atoms with Crippen molar-refractivity contribution < 1.29 is 4.74 Å². The van der Waals surface area contributed by atoms with Crippen molar-refractivity contribution in [2.45, 2.75) is 51.9 Å². The molecule has 0 fully saturated rings. The molecule has 0 bridgehead atoms. The lowest BCUT2D eigenvalue weighted by Crippen LogP contribution is -2.00. The second-order valence-corrected chi connectivity index (χ2v) is 4.80. The van der Waals surface area contributed by atoms with E-state index < -0.39 is 0 Å². The molecule has 1 aromatic rings. The first-order chi connectivity index (χ1) is 8.86. The van der Waals surface area contributed by atoms with Crippen LogP contribution in [0.1, 0.15) is 51.0 Å². The summed E-state index contributed by atoms with van der Waals surface area (Å²) >= 11 is 0. The van der Waals surface area contributed by atoms with E-state index in [1.807, 2.05) is 0 Å². The highest BCUT2D eigenvalue weighted by molar-refractivity contribution is 5.27. The van der Waals surface area contributed by atoms with Gasteiger partial charge in [0.2, 0.25) is 0 Å². The molecule has 0 aliphatic heterocycles. The summed E-state index contributed by atoms with van der Waals surface area (Å²) in [6.07, 6.45) is 8.53. The Labute approximate surface area is 112 Å². The zero-order valence-corrected chi connectivity index (χ0v) is 11.7. The summed E-state index contributed by atoms with van der Waals surface area (Å²) in [6, 6.07) is 8.42. The first-order valence-corrected chi connectivity index (χ1v) is 7.28. The van der Waals surface area contributed by atoms with Crippen molar-refractivity contribution in [3.8, 4) is 5.75 Å². The fraction of sp³-hybridized carbons (Fsp3) is 0.625. The Morgan fingerprint density at radius 2 is 1.67 bits per heavy atom. The minimum atomic E-state index is 0.760. The van der Waals surface area contributed by atoms with Gasteiger partial charge in [-0.05, 0) is 43.5 Å². The van der Waals surface area contributed by atoms with Gasteiger partial charge in [-0.2, -0.15) is 0 Å². The highest BCUT2D eigenvalue weighted by Crippen LogP contribution is 2.14. The van der Waals surface area contributed by atoms with Gasteiger partial charge >= 0.3 is 0 Å². The Hall–Kier alpha value is -1.02. The van der Waals surface area contributed by atoms with Crippen LogP contribution in [0.2, 0.25) is 0 Å². The Morgan fingerprint density at radius 1 is 0.944 bits per heavy atom.